The smallest absolute Gasteiger partial charge is 0.330 e. The zero-order chi connectivity index (χ0) is 7.28. The third-order valence-corrected chi connectivity index (χ3v) is 1.13. The zero-order valence-corrected chi connectivity index (χ0v) is 6.09. The molecule has 0 rings (SSSR count). The van der Waals surface area contributed by atoms with Crippen LogP contribution in [0.25, 0.3) is 0 Å². The summed E-state index contributed by atoms with van der Waals surface area (Å²) in [5.74, 6) is -0.872. The fourth-order valence-electron chi connectivity index (χ4n) is 0.497. The monoisotopic (exact) mass is 148 g/mol. The minimum atomic E-state index is -0.872. The minimum absolute atomic E-state index is 0. The summed E-state index contributed by atoms with van der Waals surface area (Å²) in [6.45, 7) is 5.42. The van der Waals surface area contributed by atoms with E-state index in [1.807, 2.05) is 6.92 Å². The fourth-order valence-corrected chi connectivity index (χ4v) is 0.497. The van der Waals surface area contributed by atoms with Crippen LogP contribution in [0.1, 0.15) is 26.2 Å². The Hall–Kier alpha value is -0.860. The molecule has 0 aromatic rings. The molecule has 0 fully saturated rings. The van der Waals surface area contributed by atoms with Gasteiger partial charge in [-0.15, -0.1) is 0 Å². The van der Waals surface area contributed by atoms with Gasteiger partial charge in [-0.05, 0) is 12.8 Å². The molecular formula is C7H13FO2. The van der Waals surface area contributed by atoms with Crippen molar-refractivity contribution < 1.29 is 14.6 Å². The lowest BCUT2D eigenvalue weighted by atomic mass is 10.1. The average molecular weight is 148 g/mol. The summed E-state index contributed by atoms with van der Waals surface area (Å²) in [5.41, 5.74) is 0.317. The molecule has 0 saturated carbocycles. The Balaban J connectivity index is 0. The van der Waals surface area contributed by atoms with Crippen LogP contribution >= 0.6 is 0 Å². The van der Waals surface area contributed by atoms with Crippen molar-refractivity contribution in [1.82, 2.24) is 0 Å². The van der Waals surface area contributed by atoms with Crippen molar-refractivity contribution in [2.45, 2.75) is 26.2 Å². The summed E-state index contributed by atoms with van der Waals surface area (Å²) in [6.07, 6.45) is 2.56. The van der Waals surface area contributed by atoms with E-state index in [-0.39, 0.29) is 4.70 Å². The Morgan fingerprint density at radius 2 is 2.10 bits per heavy atom. The molecule has 60 valence electrons. The first-order valence-corrected chi connectivity index (χ1v) is 3.09. The Kier molecular flexibility index (Phi) is 7.44. The van der Waals surface area contributed by atoms with Gasteiger partial charge in [-0.25, -0.2) is 4.79 Å². The maximum absolute atomic E-state index is 10.1. The highest BCUT2D eigenvalue weighted by molar-refractivity contribution is 5.85. The number of halogens is 1. The third-order valence-electron chi connectivity index (χ3n) is 1.13. The van der Waals surface area contributed by atoms with E-state index in [2.05, 4.69) is 6.58 Å². The summed E-state index contributed by atoms with van der Waals surface area (Å²) in [5, 5.41) is 8.31. The maximum atomic E-state index is 10.1. The first kappa shape index (κ1) is 11.9. The number of carboxylic acid groups (broad SMARTS) is 1. The lowest BCUT2D eigenvalue weighted by Gasteiger charge is -1.95. The van der Waals surface area contributed by atoms with Gasteiger partial charge in [-0.2, -0.15) is 0 Å². The van der Waals surface area contributed by atoms with E-state index in [1.54, 1.807) is 0 Å². The lowest BCUT2D eigenvalue weighted by molar-refractivity contribution is -0.132. The summed E-state index contributed by atoms with van der Waals surface area (Å²) < 4.78 is 0. The molecule has 0 radical (unpaired) electrons. The van der Waals surface area contributed by atoms with Crippen LogP contribution in [-0.2, 0) is 4.79 Å². The van der Waals surface area contributed by atoms with E-state index < -0.39 is 5.97 Å². The number of carboxylic acids is 1. The van der Waals surface area contributed by atoms with Crippen molar-refractivity contribution in [3.63, 3.8) is 0 Å². The van der Waals surface area contributed by atoms with Gasteiger partial charge >= 0.3 is 5.97 Å². The molecule has 3 heteroatoms. The molecule has 0 aliphatic carbocycles. The van der Waals surface area contributed by atoms with E-state index in [0.717, 1.165) is 12.8 Å². The van der Waals surface area contributed by atoms with E-state index >= 15 is 0 Å². The molecule has 0 saturated heterocycles. The maximum Gasteiger partial charge on any atom is 0.330 e. The highest BCUT2D eigenvalue weighted by Gasteiger charge is 2.00. The van der Waals surface area contributed by atoms with Gasteiger partial charge in [0.05, 0.1) is 0 Å². The number of hydrogen-bond donors (Lipinski definition) is 1. The van der Waals surface area contributed by atoms with Crippen molar-refractivity contribution in [3.8, 4) is 0 Å². The van der Waals surface area contributed by atoms with Gasteiger partial charge in [-0.1, -0.05) is 19.9 Å². The second-order valence-electron chi connectivity index (χ2n) is 2.01. The second-order valence-corrected chi connectivity index (χ2v) is 2.01. The van der Waals surface area contributed by atoms with Crippen molar-refractivity contribution in [1.29, 1.82) is 0 Å². The molecular weight excluding hydrogens is 135 g/mol. The Bertz CT molecular complexity index is 121. The first-order valence-electron chi connectivity index (χ1n) is 3.09. The van der Waals surface area contributed by atoms with Crippen LogP contribution in [0.2, 0.25) is 0 Å². The molecule has 0 aliphatic rings. The lowest BCUT2D eigenvalue weighted by Crippen LogP contribution is -1.97. The van der Waals surface area contributed by atoms with Crippen LogP contribution in [-0.4, -0.2) is 11.1 Å². The molecule has 0 atom stereocenters. The predicted octanol–water partition coefficient (Wildman–Crippen LogP) is 1.97. The topological polar surface area (TPSA) is 37.3 Å². The van der Waals surface area contributed by atoms with Gasteiger partial charge < -0.3 is 5.11 Å². The number of carbonyl (C=O) groups is 1. The van der Waals surface area contributed by atoms with Crippen LogP contribution in [0, 0.1) is 0 Å². The minimum Gasteiger partial charge on any atom is -0.478 e. The first-order chi connectivity index (χ1) is 4.18. The Morgan fingerprint density at radius 3 is 2.40 bits per heavy atom. The molecule has 0 bridgehead atoms. The highest BCUT2D eigenvalue weighted by Crippen LogP contribution is 2.03. The summed E-state index contributed by atoms with van der Waals surface area (Å²) in [4.78, 5) is 10.1. The average Bonchev–Trinajstić information content (AvgIpc) is 1.82. The molecule has 0 unspecified atom stereocenters. The van der Waals surface area contributed by atoms with Gasteiger partial charge in [0, 0.05) is 5.57 Å². The SMILES string of the molecule is C=C(CCCC)C(=O)O.F. The number of aliphatic carboxylic acids is 1. The zero-order valence-electron chi connectivity index (χ0n) is 6.09. The summed E-state index contributed by atoms with van der Waals surface area (Å²) in [7, 11) is 0. The number of unbranched alkanes of at least 4 members (excludes halogenated alkanes) is 1. The molecule has 0 amide bonds. The molecule has 0 spiro atoms. The highest BCUT2D eigenvalue weighted by atomic mass is 19.0. The quantitative estimate of drug-likeness (QED) is 0.619. The standard InChI is InChI=1S/C7H12O2.FH/c1-3-4-5-6(2)7(8)9;/h2-5H2,1H3,(H,8,9);1H. The van der Waals surface area contributed by atoms with Gasteiger partial charge in [0.25, 0.3) is 0 Å². The van der Waals surface area contributed by atoms with E-state index in [1.165, 1.54) is 0 Å². The second kappa shape index (κ2) is 6.26. The van der Waals surface area contributed by atoms with E-state index in [4.69, 9.17) is 5.11 Å². The molecule has 0 heterocycles. The molecule has 10 heavy (non-hydrogen) atoms. The number of rotatable bonds is 4. The number of hydrogen-bond acceptors (Lipinski definition) is 1. The van der Waals surface area contributed by atoms with E-state index in [9.17, 15) is 4.79 Å². The molecule has 0 aromatic carbocycles. The van der Waals surface area contributed by atoms with Gasteiger partial charge in [0.15, 0.2) is 0 Å². The normalized spacial score (nSPS) is 8.10. The largest absolute Gasteiger partial charge is 0.478 e. The van der Waals surface area contributed by atoms with Crippen LogP contribution in [0.4, 0.5) is 4.70 Å². The molecule has 0 aromatic heterocycles. The Morgan fingerprint density at radius 1 is 1.60 bits per heavy atom. The van der Waals surface area contributed by atoms with E-state index in [0.29, 0.717) is 12.0 Å². The van der Waals surface area contributed by atoms with Crippen LogP contribution < -0.4 is 0 Å². The van der Waals surface area contributed by atoms with Gasteiger partial charge in [0.1, 0.15) is 0 Å². The predicted molar refractivity (Wildman–Crippen MR) is 38.8 cm³/mol. The van der Waals surface area contributed by atoms with Crippen LogP contribution in [0.3, 0.4) is 0 Å². The summed E-state index contributed by atoms with van der Waals surface area (Å²) in [6, 6.07) is 0. The molecule has 2 nitrogen and oxygen atoms in total. The third kappa shape index (κ3) is 5.28. The van der Waals surface area contributed by atoms with Crippen LogP contribution in [0.5, 0.6) is 0 Å². The molecule has 0 aliphatic heterocycles. The van der Waals surface area contributed by atoms with Crippen molar-refractivity contribution in [2.75, 3.05) is 0 Å². The van der Waals surface area contributed by atoms with Crippen molar-refractivity contribution in [3.05, 3.63) is 12.2 Å². The fraction of sp³-hybridized carbons (Fsp3) is 0.571. The van der Waals surface area contributed by atoms with Crippen molar-refractivity contribution in [2.24, 2.45) is 0 Å². The molecule has 1 N–H and O–H groups in total. The van der Waals surface area contributed by atoms with Crippen molar-refractivity contribution >= 4 is 5.97 Å². The van der Waals surface area contributed by atoms with Gasteiger partial charge in [-0.3, -0.25) is 4.70 Å². The Labute approximate surface area is 59.9 Å². The summed E-state index contributed by atoms with van der Waals surface area (Å²) >= 11 is 0. The van der Waals surface area contributed by atoms with Gasteiger partial charge in [0.2, 0.25) is 0 Å². The van der Waals surface area contributed by atoms with Crippen LogP contribution in [0.15, 0.2) is 12.2 Å².